The van der Waals surface area contributed by atoms with Crippen molar-refractivity contribution < 1.29 is 28.6 Å². The van der Waals surface area contributed by atoms with Crippen LogP contribution in [0.5, 0.6) is 17.2 Å². The number of hydrogen-bond acceptors (Lipinski definition) is 7. The molecule has 0 aromatic heterocycles. The van der Waals surface area contributed by atoms with Gasteiger partial charge in [0, 0.05) is 10.7 Å². The van der Waals surface area contributed by atoms with Crippen molar-refractivity contribution in [1.82, 2.24) is 0 Å². The van der Waals surface area contributed by atoms with Crippen molar-refractivity contribution in [3.8, 4) is 17.2 Å². The standard InChI is InChI=1S/C31H22Cl2N2O6/c1-39-26-16-9-21(32)17-25(26)35-29(36)27(33)28(30(35)37)34-22-10-7-20(8-11-22)31(38)41-24-14-12-23(13-15-24)40-18-19-5-3-2-4-6-19/h2-17,34H,18H2,1H3. The number of nitrogens with one attached hydrogen (secondary N) is 1. The van der Waals surface area contributed by atoms with Gasteiger partial charge in [0.2, 0.25) is 0 Å². The number of hydrogen-bond donors (Lipinski definition) is 1. The predicted molar refractivity (Wildman–Crippen MR) is 156 cm³/mol. The number of carbonyl (C=O) groups is 3. The fourth-order valence-corrected chi connectivity index (χ4v) is 4.39. The average Bonchev–Trinajstić information content (AvgIpc) is 3.20. The number of methoxy groups -OCH3 is 1. The van der Waals surface area contributed by atoms with Crippen LogP contribution in [0.1, 0.15) is 15.9 Å². The summed E-state index contributed by atoms with van der Waals surface area (Å²) in [5.41, 5.74) is 1.79. The van der Waals surface area contributed by atoms with E-state index < -0.39 is 17.8 Å². The molecule has 4 aromatic rings. The molecule has 2 amide bonds. The summed E-state index contributed by atoms with van der Waals surface area (Å²) in [7, 11) is 1.41. The Balaban J connectivity index is 1.21. The van der Waals surface area contributed by atoms with E-state index in [0.717, 1.165) is 10.5 Å². The zero-order chi connectivity index (χ0) is 28.9. The fourth-order valence-electron chi connectivity index (χ4n) is 4.01. The lowest BCUT2D eigenvalue weighted by Gasteiger charge is -2.18. The first-order valence-electron chi connectivity index (χ1n) is 12.3. The molecule has 1 N–H and O–H groups in total. The van der Waals surface area contributed by atoms with Gasteiger partial charge in [0.05, 0.1) is 18.4 Å². The SMILES string of the molecule is COc1ccc(Cl)cc1N1C(=O)C(Cl)=C(Nc2ccc(C(=O)Oc3ccc(OCc4ccccc4)cc3)cc2)C1=O. The molecule has 0 bridgehead atoms. The van der Waals surface area contributed by atoms with Gasteiger partial charge in [0.15, 0.2) is 0 Å². The van der Waals surface area contributed by atoms with Crippen LogP contribution in [0.15, 0.2) is 108 Å². The van der Waals surface area contributed by atoms with Crippen LogP contribution in [0.4, 0.5) is 11.4 Å². The van der Waals surface area contributed by atoms with Crippen molar-refractivity contribution in [2.75, 3.05) is 17.3 Å². The Labute approximate surface area is 245 Å². The minimum atomic E-state index is -0.726. The van der Waals surface area contributed by atoms with E-state index in [0.29, 0.717) is 28.8 Å². The number of halogens is 2. The molecule has 206 valence electrons. The summed E-state index contributed by atoms with van der Waals surface area (Å²) in [4.78, 5) is 39.5. The number of benzene rings is 4. The molecule has 4 aromatic carbocycles. The van der Waals surface area contributed by atoms with Crippen LogP contribution in [0, 0.1) is 0 Å². The van der Waals surface area contributed by atoms with Crippen molar-refractivity contribution >= 4 is 52.4 Å². The fraction of sp³-hybridized carbons (Fsp3) is 0.0645. The molecule has 8 nitrogen and oxygen atoms in total. The van der Waals surface area contributed by atoms with Gasteiger partial charge in [-0.1, -0.05) is 53.5 Å². The molecular weight excluding hydrogens is 567 g/mol. The van der Waals surface area contributed by atoms with E-state index in [9.17, 15) is 14.4 Å². The minimum Gasteiger partial charge on any atom is -0.495 e. The molecule has 41 heavy (non-hydrogen) atoms. The predicted octanol–water partition coefficient (Wildman–Crippen LogP) is 6.58. The van der Waals surface area contributed by atoms with Gasteiger partial charge >= 0.3 is 5.97 Å². The largest absolute Gasteiger partial charge is 0.495 e. The number of ether oxygens (including phenoxy) is 3. The molecular formula is C31H22Cl2N2O6. The quantitative estimate of drug-likeness (QED) is 0.134. The van der Waals surface area contributed by atoms with E-state index in [1.807, 2.05) is 30.3 Å². The first kappa shape index (κ1) is 27.8. The van der Waals surface area contributed by atoms with E-state index in [1.165, 1.54) is 25.3 Å². The number of anilines is 2. The molecule has 0 atom stereocenters. The van der Waals surface area contributed by atoms with Crippen molar-refractivity contribution in [2.24, 2.45) is 0 Å². The van der Waals surface area contributed by atoms with Crippen molar-refractivity contribution in [3.05, 3.63) is 124 Å². The maximum absolute atomic E-state index is 13.1. The number of rotatable bonds is 9. The minimum absolute atomic E-state index is 0.122. The Morgan fingerprint density at radius 1 is 0.829 bits per heavy atom. The number of amides is 2. The van der Waals surface area contributed by atoms with E-state index >= 15 is 0 Å². The molecule has 1 aliphatic rings. The average molecular weight is 589 g/mol. The van der Waals surface area contributed by atoms with E-state index in [1.54, 1.807) is 48.5 Å². The molecule has 0 aliphatic carbocycles. The third-order valence-corrected chi connectivity index (χ3v) is 6.67. The molecule has 5 rings (SSSR count). The Hall–Kier alpha value is -4.79. The summed E-state index contributed by atoms with van der Waals surface area (Å²) in [6.07, 6.45) is 0. The summed E-state index contributed by atoms with van der Waals surface area (Å²) in [5.74, 6) is -0.703. The third kappa shape index (κ3) is 6.19. The van der Waals surface area contributed by atoms with Gasteiger partial charge in [-0.05, 0) is 72.3 Å². The first-order valence-corrected chi connectivity index (χ1v) is 13.1. The Kier molecular flexibility index (Phi) is 8.24. The summed E-state index contributed by atoms with van der Waals surface area (Å²) >= 11 is 12.3. The van der Waals surface area contributed by atoms with Crippen LogP contribution >= 0.6 is 23.2 Å². The zero-order valence-electron chi connectivity index (χ0n) is 21.6. The molecule has 0 saturated heterocycles. The summed E-state index contributed by atoms with van der Waals surface area (Å²) in [6, 6.07) is 27.2. The van der Waals surface area contributed by atoms with E-state index in [4.69, 9.17) is 37.4 Å². The third-order valence-electron chi connectivity index (χ3n) is 6.08. The van der Waals surface area contributed by atoms with Crippen LogP contribution in [0.25, 0.3) is 0 Å². The van der Waals surface area contributed by atoms with Crippen molar-refractivity contribution in [2.45, 2.75) is 6.61 Å². The lowest BCUT2D eigenvalue weighted by molar-refractivity contribution is -0.120. The highest BCUT2D eigenvalue weighted by molar-refractivity contribution is 6.53. The summed E-state index contributed by atoms with van der Waals surface area (Å²) in [5, 5.41) is 2.88. The Morgan fingerprint density at radius 3 is 2.20 bits per heavy atom. The normalized spacial score (nSPS) is 12.9. The molecule has 0 unspecified atom stereocenters. The second kappa shape index (κ2) is 12.2. The van der Waals surface area contributed by atoms with E-state index in [-0.39, 0.29) is 27.7 Å². The summed E-state index contributed by atoms with van der Waals surface area (Å²) in [6.45, 7) is 0.426. The second-order valence-corrected chi connectivity index (χ2v) is 9.60. The molecule has 0 fully saturated rings. The van der Waals surface area contributed by atoms with E-state index in [2.05, 4.69) is 5.32 Å². The molecule has 0 radical (unpaired) electrons. The number of carbonyl (C=O) groups excluding carboxylic acids is 3. The Bertz CT molecular complexity index is 1640. The highest BCUT2D eigenvalue weighted by atomic mass is 35.5. The van der Waals surface area contributed by atoms with Crippen molar-refractivity contribution in [3.63, 3.8) is 0 Å². The zero-order valence-corrected chi connectivity index (χ0v) is 23.1. The highest BCUT2D eigenvalue weighted by Crippen LogP contribution is 2.37. The van der Waals surface area contributed by atoms with Gasteiger partial charge in [0.25, 0.3) is 11.8 Å². The Morgan fingerprint density at radius 2 is 1.51 bits per heavy atom. The van der Waals surface area contributed by atoms with Gasteiger partial charge in [-0.2, -0.15) is 0 Å². The smallest absolute Gasteiger partial charge is 0.343 e. The van der Waals surface area contributed by atoms with Crippen LogP contribution in [-0.2, 0) is 16.2 Å². The number of imide groups is 1. The highest BCUT2D eigenvalue weighted by Gasteiger charge is 2.40. The summed E-state index contributed by atoms with van der Waals surface area (Å²) < 4.78 is 16.5. The maximum Gasteiger partial charge on any atom is 0.343 e. The number of nitrogens with zero attached hydrogens (tertiary/aromatic N) is 1. The topological polar surface area (TPSA) is 94.2 Å². The van der Waals surface area contributed by atoms with Crippen LogP contribution in [0.3, 0.4) is 0 Å². The van der Waals surface area contributed by atoms with Gasteiger partial charge in [0.1, 0.15) is 34.6 Å². The van der Waals surface area contributed by atoms with Crippen LogP contribution in [0.2, 0.25) is 5.02 Å². The van der Waals surface area contributed by atoms with Crippen LogP contribution in [-0.4, -0.2) is 24.9 Å². The molecule has 0 spiro atoms. The maximum atomic E-state index is 13.1. The lowest BCUT2D eigenvalue weighted by Crippen LogP contribution is -2.32. The second-order valence-electron chi connectivity index (χ2n) is 8.79. The number of esters is 1. The van der Waals surface area contributed by atoms with Gasteiger partial charge < -0.3 is 19.5 Å². The van der Waals surface area contributed by atoms with Gasteiger partial charge in [-0.25, -0.2) is 9.69 Å². The van der Waals surface area contributed by atoms with Gasteiger partial charge in [-0.15, -0.1) is 0 Å². The molecule has 1 heterocycles. The molecule has 10 heteroatoms. The lowest BCUT2D eigenvalue weighted by atomic mass is 10.2. The van der Waals surface area contributed by atoms with Crippen molar-refractivity contribution in [1.29, 1.82) is 0 Å². The molecule has 1 aliphatic heterocycles. The molecule has 0 saturated carbocycles. The van der Waals surface area contributed by atoms with Crippen LogP contribution < -0.4 is 24.4 Å². The first-order chi connectivity index (χ1) is 19.8. The van der Waals surface area contributed by atoms with Gasteiger partial charge in [-0.3, -0.25) is 9.59 Å². The monoisotopic (exact) mass is 588 g/mol.